The van der Waals surface area contributed by atoms with Gasteiger partial charge in [0.2, 0.25) is 5.91 Å². The highest BCUT2D eigenvalue weighted by molar-refractivity contribution is 6.16. The lowest BCUT2D eigenvalue weighted by molar-refractivity contribution is -0.384. The third-order valence-electron chi connectivity index (χ3n) is 6.03. The number of carbonyl (C=O) groups is 3. The van der Waals surface area contributed by atoms with Gasteiger partial charge in [0, 0.05) is 34.9 Å². The lowest BCUT2D eigenvalue weighted by atomic mass is 10.1. The van der Waals surface area contributed by atoms with Crippen LogP contribution in [0.5, 0.6) is 0 Å². The van der Waals surface area contributed by atoms with Gasteiger partial charge < -0.3 is 15.2 Å². The second-order valence-electron chi connectivity index (χ2n) is 8.37. The quantitative estimate of drug-likeness (QED) is 0.225. The summed E-state index contributed by atoms with van der Waals surface area (Å²) in [5.74, 6) is -1.07. The molecule has 0 atom stereocenters. The highest BCUT2D eigenvalue weighted by Crippen LogP contribution is 2.25. The van der Waals surface area contributed by atoms with Crippen molar-refractivity contribution in [3.8, 4) is 5.69 Å². The number of rotatable bonds is 7. The van der Waals surface area contributed by atoms with Crippen molar-refractivity contribution in [3.05, 3.63) is 92.9 Å². The van der Waals surface area contributed by atoms with E-state index in [9.17, 15) is 24.5 Å². The molecule has 0 saturated carbocycles. The fourth-order valence-corrected chi connectivity index (χ4v) is 4.21. The summed E-state index contributed by atoms with van der Waals surface area (Å²) in [4.78, 5) is 49.3. The van der Waals surface area contributed by atoms with E-state index in [1.807, 2.05) is 43.5 Å². The summed E-state index contributed by atoms with van der Waals surface area (Å²) < 4.78 is 1.90. The number of hydrogen-bond acceptors (Lipinski definition) is 5. The van der Waals surface area contributed by atoms with E-state index >= 15 is 0 Å². The van der Waals surface area contributed by atoms with Crippen LogP contribution in [0.2, 0.25) is 0 Å². The van der Waals surface area contributed by atoms with Crippen LogP contribution in [0.25, 0.3) is 11.8 Å². The van der Waals surface area contributed by atoms with Crippen LogP contribution in [0, 0.1) is 24.0 Å². The van der Waals surface area contributed by atoms with Crippen LogP contribution in [-0.4, -0.2) is 38.8 Å². The molecule has 1 aromatic heterocycles. The molecule has 10 nitrogen and oxygen atoms in total. The molecule has 2 aromatic carbocycles. The van der Waals surface area contributed by atoms with Crippen LogP contribution in [0.1, 0.15) is 29.4 Å². The maximum Gasteiger partial charge on any atom is 0.329 e. The number of aromatic nitrogens is 1. The van der Waals surface area contributed by atoms with E-state index in [1.54, 1.807) is 30.3 Å². The Kier molecular flexibility index (Phi) is 6.69. The number of carbonyl (C=O) groups excluding carboxylic acids is 3. The van der Waals surface area contributed by atoms with Gasteiger partial charge in [-0.3, -0.25) is 19.7 Å². The number of nitrogens with zero attached hydrogens (tertiary/aromatic N) is 3. The Labute approximate surface area is 207 Å². The standard InChI is InChI=1S/C26H25N5O5/c1-4-18-7-5-6-8-22(18)27-24(32)15-29-25(33)23(28-26(29)34)14-19-13-16(2)30(17(19)3)20-9-11-21(12-10-20)31(35)36/h5-14H,4,15H2,1-3H3,(H,27,32)(H,28,34)/b23-14-. The Morgan fingerprint density at radius 3 is 2.47 bits per heavy atom. The molecule has 4 amide bonds. The molecule has 3 aromatic rings. The summed E-state index contributed by atoms with van der Waals surface area (Å²) in [5.41, 5.74) is 4.69. The number of amides is 4. The minimum atomic E-state index is -0.672. The van der Waals surface area contributed by atoms with Gasteiger partial charge in [-0.05, 0) is 61.7 Å². The zero-order valence-corrected chi connectivity index (χ0v) is 20.1. The molecule has 0 aliphatic carbocycles. The monoisotopic (exact) mass is 487 g/mol. The molecule has 0 unspecified atom stereocenters. The van der Waals surface area contributed by atoms with Gasteiger partial charge in [0.1, 0.15) is 12.2 Å². The molecule has 1 aliphatic heterocycles. The first kappa shape index (κ1) is 24.4. The third kappa shape index (κ3) is 4.74. The third-order valence-corrected chi connectivity index (χ3v) is 6.03. The van der Waals surface area contributed by atoms with Crippen molar-refractivity contribution in [2.45, 2.75) is 27.2 Å². The van der Waals surface area contributed by atoms with E-state index in [0.717, 1.165) is 34.0 Å². The predicted octanol–water partition coefficient (Wildman–Crippen LogP) is 4.10. The maximum atomic E-state index is 12.9. The number of urea groups is 1. The van der Waals surface area contributed by atoms with Gasteiger partial charge in [0.25, 0.3) is 11.6 Å². The summed E-state index contributed by atoms with van der Waals surface area (Å²) in [6.45, 7) is 5.27. The normalized spacial score (nSPS) is 14.3. The molecule has 0 bridgehead atoms. The average Bonchev–Trinajstić information content (AvgIpc) is 3.28. The predicted molar refractivity (Wildman–Crippen MR) is 135 cm³/mol. The molecule has 184 valence electrons. The number of aryl methyl sites for hydroxylation is 2. The Hall–Kier alpha value is -4.73. The second kappa shape index (κ2) is 9.87. The Bertz CT molecular complexity index is 1400. The van der Waals surface area contributed by atoms with Crippen molar-refractivity contribution in [2.24, 2.45) is 0 Å². The second-order valence-corrected chi connectivity index (χ2v) is 8.37. The van der Waals surface area contributed by atoms with Crippen molar-refractivity contribution in [2.75, 3.05) is 11.9 Å². The number of imide groups is 1. The average molecular weight is 488 g/mol. The van der Waals surface area contributed by atoms with Crippen molar-refractivity contribution in [1.82, 2.24) is 14.8 Å². The first-order chi connectivity index (χ1) is 17.2. The van der Waals surface area contributed by atoms with Crippen molar-refractivity contribution < 1.29 is 19.3 Å². The molecule has 0 radical (unpaired) electrons. The molecule has 36 heavy (non-hydrogen) atoms. The van der Waals surface area contributed by atoms with Crippen LogP contribution in [0.15, 0.2) is 60.3 Å². The maximum absolute atomic E-state index is 12.9. The van der Waals surface area contributed by atoms with Gasteiger partial charge in [0.15, 0.2) is 0 Å². The highest BCUT2D eigenvalue weighted by atomic mass is 16.6. The number of para-hydroxylation sites is 1. The molecule has 2 heterocycles. The molecule has 1 saturated heterocycles. The molecule has 0 spiro atoms. The summed E-state index contributed by atoms with van der Waals surface area (Å²) in [6.07, 6.45) is 2.29. The number of nitro benzene ring substituents is 1. The SMILES string of the molecule is CCc1ccccc1NC(=O)CN1C(=O)N/C(=C\c2cc(C)n(-c3ccc([N+](=O)[O-])cc3)c2C)C1=O. The molecule has 4 rings (SSSR count). The zero-order chi connectivity index (χ0) is 26.0. The van der Waals surface area contributed by atoms with Crippen molar-refractivity contribution >= 4 is 35.3 Å². The summed E-state index contributed by atoms with van der Waals surface area (Å²) >= 11 is 0. The van der Waals surface area contributed by atoms with Gasteiger partial charge in [-0.15, -0.1) is 0 Å². The Morgan fingerprint density at radius 1 is 1.11 bits per heavy atom. The first-order valence-electron chi connectivity index (χ1n) is 11.4. The number of benzene rings is 2. The Balaban J connectivity index is 1.53. The van der Waals surface area contributed by atoms with Gasteiger partial charge in [-0.1, -0.05) is 25.1 Å². The van der Waals surface area contributed by atoms with E-state index in [0.29, 0.717) is 11.3 Å². The van der Waals surface area contributed by atoms with Gasteiger partial charge >= 0.3 is 6.03 Å². The topological polar surface area (TPSA) is 127 Å². The molecular weight excluding hydrogens is 462 g/mol. The smallest absolute Gasteiger partial charge is 0.324 e. The molecule has 1 aliphatic rings. The van der Waals surface area contributed by atoms with E-state index < -0.39 is 29.3 Å². The number of nitrogens with one attached hydrogen (secondary N) is 2. The van der Waals surface area contributed by atoms with E-state index in [4.69, 9.17) is 0 Å². The Morgan fingerprint density at radius 2 is 1.81 bits per heavy atom. The molecule has 10 heteroatoms. The van der Waals surface area contributed by atoms with Crippen LogP contribution in [0.3, 0.4) is 0 Å². The van der Waals surface area contributed by atoms with Crippen LogP contribution >= 0.6 is 0 Å². The number of anilines is 1. The fourth-order valence-electron chi connectivity index (χ4n) is 4.21. The minimum absolute atomic E-state index is 0.00914. The van der Waals surface area contributed by atoms with Crippen LogP contribution < -0.4 is 10.6 Å². The molecule has 2 N–H and O–H groups in total. The largest absolute Gasteiger partial charge is 0.329 e. The van der Waals surface area contributed by atoms with Crippen LogP contribution in [0.4, 0.5) is 16.2 Å². The van der Waals surface area contributed by atoms with Gasteiger partial charge in [0.05, 0.1) is 4.92 Å². The van der Waals surface area contributed by atoms with Gasteiger partial charge in [-0.2, -0.15) is 0 Å². The minimum Gasteiger partial charge on any atom is -0.324 e. The summed E-state index contributed by atoms with van der Waals surface area (Å²) in [6, 6.07) is 14.7. The molecular formula is C26H25N5O5. The fraction of sp³-hybridized carbons (Fsp3) is 0.192. The zero-order valence-electron chi connectivity index (χ0n) is 20.1. The number of hydrogen-bond donors (Lipinski definition) is 2. The van der Waals surface area contributed by atoms with E-state index in [1.165, 1.54) is 12.1 Å². The van der Waals surface area contributed by atoms with E-state index in [2.05, 4.69) is 10.6 Å². The molecule has 1 fully saturated rings. The first-order valence-corrected chi connectivity index (χ1v) is 11.4. The van der Waals surface area contributed by atoms with Crippen molar-refractivity contribution in [3.63, 3.8) is 0 Å². The van der Waals surface area contributed by atoms with Crippen molar-refractivity contribution in [1.29, 1.82) is 0 Å². The number of nitro groups is 1. The summed E-state index contributed by atoms with van der Waals surface area (Å²) in [7, 11) is 0. The van der Waals surface area contributed by atoms with E-state index in [-0.39, 0.29) is 11.4 Å². The summed E-state index contributed by atoms with van der Waals surface area (Å²) in [5, 5.41) is 16.3. The number of non-ortho nitro benzene ring substituents is 1. The lowest BCUT2D eigenvalue weighted by Crippen LogP contribution is -2.38. The van der Waals surface area contributed by atoms with Crippen LogP contribution in [-0.2, 0) is 16.0 Å². The van der Waals surface area contributed by atoms with Gasteiger partial charge in [-0.25, -0.2) is 9.69 Å². The lowest BCUT2D eigenvalue weighted by Gasteiger charge is -2.13. The highest BCUT2D eigenvalue weighted by Gasteiger charge is 2.35.